The Morgan fingerprint density at radius 3 is 2.78 bits per heavy atom. The molecule has 0 fully saturated rings. The van der Waals surface area contributed by atoms with Crippen LogP contribution in [0.4, 0.5) is 0 Å². The van der Waals surface area contributed by atoms with Gasteiger partial charge in [-0.05, 0) is 32.9 Å². The van der Waals surface area contributed by atoms with E-state index < -0.39 is 5.60 Å². The molecular weight excluding hydrogens is 232 g/mol. The Morgan fingerprint density at radius 2 is 2.22 bits per heavy atom. The van der Waals surface area contributed by atoms with Crippen molar-refractivity contribution >= 4 is 5.91 Å². The van der Waals surface area contributed by atoms with Gasteiger partial charge in [-0.1, -0.05) is 0 Å². The van der Waals surface area contributed by atoms with E-state index in [0.29, 0.717) is 12.4 Å². The first-order valence-electron chi connectivity index (χ1n) is 5.91. The molecule has 1 amide bonds. The molecule has 0 radical (unpaired) electrons. The molecule has 0 atom stereocenters. The van der Waals surface area contributed by atoms with Crippen LogP contribution in [0.15, 0.2) is 18.3 Å². The molecule has 1 aromatic rings. The van der Waals surface area contributed by atoms with Gasteiger partial charge in [0.2, 0.25) is 0 Å². The number of carbonyl (C=O) groups excluding carboxylic acids is 1. The largest absolute Gasteiger partial charge is 0.491 e. The minimum Gasteiger partial charge on any atom is -0.491 e. The number of nitrogens with zero attached hydrogens (tertiary/aromatic N) is 2. The molecule has 1 N–H and O–H groups in total. The average Bonchev–Trinajstić information content (AvgIpc) is 2.27. The third kappa shape index (κ3) is 4.00. The van der Waals surface area contributed by atoms with Gasteiger partial charge in [0, 0.05) is 19.8 Å². The fourth-order valence-corrected chi connectivity index (χ4v) is 1.66. The second-order valence-corrected chi connectivity index (χ2v) is 4.76. The molecule has 0 aliphatic rings. The standard InChI is InChI=1S/C13H20N2O3/c1-5-18-10-7-6-8-14-11(10)12(16)15(4)9-13(2,3)17/h6-8,17H,5,9H2,1-4H3. The normalized spacial score (nSPS) is 11.2. The lowest BCUT2D eigenvalue weighted by atomic mass is 10.1. The first kappa shape index (κ1) is 14.4. The Balaban J connectivity index is 2.89. The third-order valence-electron chi connectivity index (χ3n) is 2.24. The first-order valence-corrected chi connectivity index (χ1v) is 5.91. The average molecular weight is 252 g/mol. The third-order valence-corrected chi connectivity index (χ3v) is 2.24. The van der Waals surface area contributed by atoms with Gasteiger partial charge < -0.3 is 14.7 Å². The Morgan fingerprint density at radius 1 is 1.56 bits per heavy atom. The Hall–Kier alpha value is -1.62. The number of rotatable bonds is 5. The fourth-order valence-electron chi connectivity index (χ4n) is 1.66. The lowest BCUT2D eigenvalue weighted by Gasteiger charge is -2.25. The van der Waals surface area contributed by atoms with Crippen molar-refractivity contribution < 1.29 is 14.6 Å². The van der Waals surface area contributed by atoms with Gasteiger partial charge in [-0.15, -0.1) is 0 Å². The molecule has 0 aliphatic heterocycles. The number of ether oxygens (including phenoxy) is 1. The molecule has 5 heteroatoms. The molecule has 100 valence electrons. The number of amides is 1. The van der Waals surface area contributed by atoms with Crippen molar-refractivity contribution in [1.82, 2.24) is 9.88 Å². The van der Waals surface area contributed by atoms with Gasteiger partial charge in [0.25, 0.3) is 5.91 Å². The molecule has 0 saturated heterocycles. The summed E-state index contributed by atoms with van der Waals surface area (Å²) in [4.78, 5) is 17.7. The Kier molecular flexibility index (Phi) is 4.67. The summed E-state index contributed by atoms with van der Waals surface area (Å²) in [5.41, 5.74) is -0.670. The van der Waals surface area contributed by atoms with Gasteiger partial charge in [0.1, 0.15) is 0 Å². The van der Waals surface area contributed by atoms with Gasteiger partial charge in [0.15, 0.2) is 11.4 Å². The smallest absolute Gasteiger partial charge is 0.276 e. The number of aliphatic hydroxyl groups is 1. The van der Waals surface area contributed by atoms with Crippen LogP contribution in [0, 0.1) is 0 Å². The number of carbonyl (C=O) groups is 1. The van der Waals surface area contributed by atoms with Crippen molar-refractivity contribution in [2.75, 3.05) is 20.2 Å². The number of hydrogen-bond acceptors (Lipinski definition) is 4. The molecule has 0 unspecified atom stereocenters. The highest BCUT2D eigenvalue weighted by atomic mass is 16.5. The van der Waals surface area contributed by atoms with Gasteiger partial charge in [0.05, 0.1) is 12.2 Å². The number of likely N-dealkylation sites (N-methyl/N-ethyl adjacent to an activating group) is 1. The van der Waals surface area contributed by atoms with Gasteiger partial charge in [-0.25, -0.2) is 4.98 Å². The van der Waals surface area contributed by atoms with Crippen LogP contribution in [-0.2, 0) is 0 Å². The van der Waals surface area contributed by atoms with Crippen LogP contribution in [0.25, 0.3) is 0 Å². The van der Waals surface area contributed by atoms with E-state index in [-0.39, 0.29) is 18.1 Å². The Labute approximate surface area is 107 Å². The maximum absolute atomic E-state index is 12.2. The van der Waals surface area contributed by atoms with Crippen LogP contribution >= 0.6 is 0 Å². The van der Waals surface area contributed by atoms with Crippen LogP contribution in [-0.4, -0.2) is 46.7 Å². The van der Waals surface area contributed by atoms with E-state index in [1.54, 1.807) is 39.2 Å². The van der Waals surface area contributed by atoms with Crippen LogP contribution in [0.5, 0.6) is 5.75 Å². The van der Waals surface area contributed by atoms with Crippen LogP contribution in [0.2, 0.25) is 0 Å². The van der Waals surface area contributed by atoms with E-state index in [4.69, 9.17) is 4.74 Å². The van der Waals surface area contributed by atoms with Crippen molar-refractivity contribution in [1.29, 1.82) is 0 Å². The summed E-state index contributed by atoms with van der Waals surface area (Å²) >= 11 is 0. The number of hydrogen-bond donors (Lipinski definition) is 1. The van der Waals surface area contributed by atoms with E-state index in [1.807, 2.05) is 6.92 Å². The van der Waals surface area contributed by atoms with Crippen molar-refractivity contribution in [2.45, 2.75) is 26.4 Å². The summed E-state index contributed by atoms with van der Waals surface area (Å²) < 4.78 is 5.37. The fraction of sp³-hybridized carbons (Fsp3) is 0.538. The minimum atomic E-state index is -0.940. The molecule has 0 saturated carbocycles. The summed E-state index contributed by atoms with van der Waals surface area (Å²) in [6.45, 7) is 5.86. The van der Waals surface area contributed by atoms with Crippen molar-refractivity contribution in [3.05, 3.63) is 24.0 Å². The highest BCUT2D eigenvalue weighted by Crippen LogP contribution is 2.17. The molecule has 1 heterocycles. The monoisotopic (exact) mass is 252 g/mol. The quantitative estimate of drug-likeness (QED) is 0.858. The van der Waals surface area contributed by atoms with Crippen molar-refractivity contribution in [2.24, 2.45) is 0 Å². The molecule has 0 aliphatic carbocycles. The summed E-state index contributed by atoms with van der Waals surface area (Å²) in [6, 6.07) is 3.43. The van der Waals surface area contributed by atoms with E-state index in [9.17, 15) is 9.90 Å². The second-order valence-electron chi connectivity index (χ2n) is 4.76. The highest BCUT2D eigenvalue weighted by molar-refractivity contribution is 5.94. The van der Waals surface area contributed by atoms with Gasteiger partial charge >= 0.3 is 0 Å². The lowest BCUT2D eigenvalue weighted by Crippen LogP contribution is -2.40. The van der Waals surface area contributed by atoms with Crippen molar-refractivity contribution in [3.8, 4) is 5.75 Å². The zero-order valence-electron chi connectivity index (χ0n) is 11.3. The van der Waals surface area contributed by atoms with Gasteiger partial charge in [-0.2, -0.15) is 0 Å². The molecule has 0 bridgehead atoms. The SMILES string of the molecule is CCOc1cccnc1C(=O)N(C)CC(C)(C)O. The summed E-state index contributed by atoms with van der Waals surface area (Å²) in [6.07, 6.45) is 1.55. The molecule has 1 rings (SSSR count). The maximum Gasteiger partial charge on any atom is 0.276 e. The molecule has 18 heavy (non-hydrogen) atoms. The minimum absolute atomic E-state index is 0.230. The molecule has 0 spiro atoms. The Bertz CT molecular complexity index is 413. The van der Waals surface area contributed by atoms with Gasteiger partial charge in [-0.3, -0.25) is 4.79 Å². The number of aromatic nitrogens is 1. The number of pyridine rings is 1. The molecule has 0 aromatic carbocycles. The summed E-state index contributed by atoms with van der Waals surface area (Å²) in [5, 5.41) is 9.71. The molecule has 1 aromatic heterocycles. The summed E-state index contributed by atoms with van der Waals surface area (Å²) in [7, 11) is 1.63. The van der Waals surface area contributed by atoms with E-state index in [2.05, 4.69) is 4.98 Å². The van der Waals surface area contributed by atoms with Crippen LogP contribution in [0.3, 0.4) is 0 Å². The lowest BCUT2D eigenvalue weighted by molar-refractivity contribution is 0.0362. The first-order chi connectivity index (χ1) is 8.35. The topological polar surface area (TPSA) is 62.7 Å². The van der Waals surface area contributed by atoms with Crippen LogP contribution in [0.1, 0.15) is 31.3 Å². The molecular formula is C13H20N2O3. The van der Waals surface area contributed by atoms with E-state index in [0.717, 1.165) is 0 Å². The maximum atomic E-state index is 12.2. The second kappa shape index (κ2) is 5.82. The zero-order valence-corrected chi connectivity index (χ0v) is 11.3. The predicted octanol–water partition coefficient (Wildman–Crippen LogP) is 1.32. The van der Waals surface area contributed by atoms with Crippen LogP contribution < -0.4 is 4.74 Å². The van der Waals surface area contributed by atoms with Crippen molar-refractivity contribution in [3.63, 3.8) is 0 Å². The highest BCUT2D eigenvalue weighted by Gasteiger charge is 2.23. The summed E-state index contributed by atoms with van der Waals surface area (Å²) in [5.74, 6) is 0.203. The predicted molar refractivity (Wildman–Crippen MR) is 68.7 cm³/mol. The zero-order chi connectivity index (χ0) is 13.8. The van der Waals surface area contributed by atoms with E-state index >= 15 is 0 Å². The molecule has 5 nitrogen and oxygen atoms in total. The van der Waals surface area contributed by atoms with E-state index in [1.165, 1.54) is 4.90 Å².